The Morgan fingerprint density at radius 1 is 0.447 bits per heavy atom. The summed E-state index contributed by atoms with van der Waals surface area (Å²) in [6.45, 7) is 22.1. The molecule has 0 aromatic heterocycles. The molecule has 0 heterocycles. The Kier molecular flexibility index (Phi) is 24.4. The average molecular weight is 1370 g/mol. The maximum Gasteiger partial charge on any atom is 0.306 e. The average Bonchev–Trinajstić information content (AvgIpc) is 1.20. The van der Waals surface area contributed by atoms with Crippen molar-refractivity contribution in [2.75, 3.05) is 36.9 Å². The molecular weight excluding hydrogens is 1270 g/mol. The summed E-state index contributed by atoms with van der Waals surface area (Å²) < 4.78 is 117. The Morgan fingerprint density at radius 3 is 1.15 bits per heavy atom. The van der Waals surface area contributed by atoms with E-state index in [-0.39, 0.29) is 98.1 Å². The number of nitrogens with one attached hydrogen (secondary N) is 3. The van der Waals surface area contributed by atoms with Gasteiger partial charge in [0, 0.05) is 68.0 Å². The Hall–Kier alpha value is -5.79. The van der Waals surface area contributed by atoms with E-state index in [1.807, 2.05) is 72.8 Å². The molecule has 3 aromatic carbocycles. The molecular formula is C70H101N3O18S3. The van der Waals surface area contributed by atoms with Gasteiger partial charge in [-0.25, -0.2) is 0 Å². The molecule has 4 aliphatic rings. The smallest absolute Gasteiger partial charge is 0.306 e. The van der Waals surface area contributed by atoms with Crippen LogP contribution in [-0.4, -0.2) is 130 Å². The summed E-state index contributed by atoms with van der Waals surface area (Å²) in [7, 11) is -13.1. The van der Waals surface area contributed by atoms with Crippen molar-refractivity contribution in [1.29, 1.82) is 0 Å². The number of carbonyl (C=O) groups is 6. The molecule has 94 heavy (non-hydrogen) atoms. The van der Waals surface area contributed by atoms with Crippen molar-refractivity contribution in [3.05, 3.63) is 106 Å². The molecule has 0 saturated heterocycles. The van der Waals surface area contributed by atoms with Crippen LogP contribution in [0.3, 0.4) is 0 Å². The van der Waals surface area contributed by atoms with Crippen LogP contribution in [0, 0.1) is 34.5 Å². The van der Waals surface area contributed by atoms with Crippen LogP contribution < -0.4 is 16.0 Å². The molecule has 3 amide bonds. The second kappa shape index (κ2) is 30.3. The van der Waals surface area contributed by atoms with Crippen molar-refractivity contribution in [1.82, 2.24) is 16.0 Å². The van der Waals surface area contributed by atoms with E-state index in [2.05, 4.69) is 92.1 Å². The second-order valence-corrected chi connectivity index (χ2v) is 35.3. The quantitative estimate of drug-likeness (QED) is 0.0235. The van der Waals surface area contributed by atoms with Gasteiger partial charge in [0.05, 0.1) is 36.5 Å². The number of ether oxygens (including phenoxy) is 3. The zero-order valence-corrected chi connectivity index (χ0v) is 59.0. The zero-order valence-electron chi connectivity index (χ0n) is 56.5. The minimum Gasteiger partial charge on any atom is -0.462 e. The van der Waals surface area contributed by atoms with Crippen LogP contribution in [0.5, 0.6) is 0 Å². The first-order valence-corrected chi connectivity index (χ1v) is 37.9. The molecule has 3 aromatic rings. The van der Waals surface area contributed by atoms with Crippen molar-refractivity contribution >= 4 is 66.0 Å². The Morgan fingerprint density at radius 2 is 0.787 bits per heavy atom. The predicted octanol–water partition coefficient (Wildman–Crippen LogP) is 9.97. The molecule has 6 N–H and O–H groups in total. The maximum absolute atomic E-state index is 14.9. The first-order valence-electron chi connectivity index (χ1n) is 33.0. The minimum atomic E-state index is -4.38. The van der Waals surface area contributed by atoms with Crippen LogP contribution in [0.25, 0.3) is 0 Å². The van der Waals surface area contributed by atoms with Crippen molar-refractivity contribution < 1.29 is 81.9 Å². The summed E-state index contributed by atoms with van der Waals surface area (Å²) in [5, 5.41) is 7.66. The first kappa shape index (κ1) is 75.6. The third kappa shape index (κ3) is 21.1. The minimum absolute atomic E-state index is 0.00973. The fourth-order valence-corrected chi connectivity index (χ4v) is 16.5. The lowest BCUT2D eigenvalue weighted by atomic mass is 9.44. The summed E-state index contributed by atoms with van der Waals surface area (Å²) in [4.78, 5) is 83.9. The van der Waals surface area contributed by atoms with E-state index in [0.29, 0.717) is 49.7 Å². The summed E-state index contributed by atoms with van der Waals surface area (Å²) >= 11 is 0. The second-order valence-electron chi connectivity index (χ2n) is 30.6. The van der Waals surface area contributed by atoms with Crippen LogP contribution >= 0.6 is 0 Å². The number of esters is 3. The molecule has 4 unspecified atom stereocenters. The molecule has 24 heteroatoms. The lowest BCUT2D eigenvalue weighted by Gasteiger charge is -2.62. The molecule has 21 nitrogen and oxygen atoms in total. The molecule has 0 aliphatic heterocycles. The highest BCUT2D eigenvalue weighted by atomic mass is 32.2. The Bertz CT molecular complexity index is 3520. The number of carbonyl (C=O) groups excluding carboxylic acids is 6. The van der Waals surface area contributed by atoms with E-state index in [4.69, 9.17) is 14.2 Å². The number of amides is 3. The molecule has 4 saturated carbocycles. The highest BCUT2D eigenvalue weighted by Crippen LogP contribution is 2.67. The molecule has 12 atom stereocenters. The standard InChI is InChI=1S/C70H101N3O18S3/c1-66(2,3)50-18-12-44(13-19-50)47(36-60(74)71-30-33-92(80,81)82)39-63(77)89-53-26-28-69(10)56-27-29-70(11)55(24-25-59(70)91-65(79)41-49(38-62(76)73-32-35-94(86,87)88)46-16-22-52(23-17-46)68(7,8)9)54(56)43-58(57(69)42-53)90-64(78)40-48(37-61(75)72-31-34-93(83,84)85)45-14-20-51(21-15-45)67(4,5)6/h12-23,47-49,53-59H,24-43H2,1-11H3,(H,71,74)(H,72,75)(H,73,76)(H,80,81,82)(H,83,84,85)(H,86,87,88)/t47?,48?,49?,53-,54-,55-,56-,57?,58-,59-,69+,70-/m0/s1. The van der Waals surface area contributed by atoms with Gasteiger partial charge in [-0.2, -0.15) is 25.3 Å². The number of rotatable bonds is 27. The first-order chi connectivity index (χ1) is 43.5. The topological polar surface area (TPSA) is 329 Å². The lowest BCUT2D eigenvalue weighted by molar-refractivity contribution is -0.202. The van der Waals surface area contributed by atoms with Crippen LogP contribution in [0.15, 0.2) is 72.8 Å². The SMILES string of the molecule is CC(C)(C)c1ccc(C(CC(=O)NCCS(=O)(=O)O)CC(=O)O[C@H]2CC[C@@]3(C)C(C2)[C@@H](OC(=O)CC(CC(=O)NCCS(=O)(=O)O)c2ccc(C(C)(C)C)cc2)C[C@H]2[C@@H]4CC[C@H](OC(=O)CC(CC(=O)NCCS(=O)(=O)O)c5ccc(C(C)(C)C)cc5)[C@@]4(C)CC[C@@H]23)cc1. The van der Waals surface area contributed by atoms with Gasteiger partial charge in [0.2, 0.25) is 17.7 Å². The predicted molar refractivity (Wildman–Crippen MR) is 356 cm³/mol. The Labute approximate surface area is 556 Å². The maximum atomic E-state index is 14.9. The van der Waals surface area contributed by atoms with E-state index >= 15 is 0 Å². The monoisotopic (exact) mass is 1370 g/mol. The Balaban J connectivity index is 1.15. The van der Waals surface area contributed by atoms with Crippen molar-refractivity contribution in [2.24, 2.45) is 34.5 Å². The van der Waals surface area contributed by atoms with Crippen molar-refractivity contribution in [2.45, 2.75) is 218 Å². The zero-order chi connectivity index (χ0) is 69.6. The summed E-state index contributed by atoms with van der Waals surface area (Å²) in [6.07, 6.45) is 1.78. The molecule has 7 rings (SSSR count). The number of hydrogen-bond donors (Lipinski definition) is 6. The van der Waals surface area contributed by atoms with E-state index in [0.717, 1.165) is 35.1 Å². The molecule has 4 fully saturated rings. The summed E-state index contributed by atoms with van der Waals surface area (Å²) in [5.74, 6) is -7.36. The van der Waals surface area contributed by atoms with Gasteiger partial charge in [0.15, 0.2) is 0 Å². The summed E-state index contributed by atoms with van der Waals surface area (Å²) in [5.41, 5.74) is 3.72. The molecule has 0 spiro atoms. The highest BCUT2D eigenvalue weighted by Gasteiger charge is 2.64. The van der Waals surface area contributed by atoms with Crippen LogP contribution in [0.4, 0.5) is 0 Å². The van der Waals surface area contributed by atoms with Gasteiger partial charge in [-0.3, -0.25) is 42.4 Å². The third-order valence-electron chi connectivity index (χ3n) is 20.7. The molecule has 522 valence electrons. The normalized spacial score (nSPS) is 25.0. The summed E-state index contributed by atoms with van der Waals surface area (Å²) in [6, 6.07) is 23.0. The van der Waals surface area contributed by atoms with Crippen LogP contribution in [0.2, 0.25) is 0 Å². The van der Waals surface area contributed by atoms with Crippen molar-refractivity contribution in [3.8, 4) is 0 Å². The number of fused-ring (bicyclic) bond motifs is 5. The van der Waals surface area contributed by atoms with E-state index < -0.39 is 130 Å². The molecule has 0 bridgehead atoms. The van der Waals surface area contributed by atoms with Crippen LogP contribution in [0.1, 0.15) is 217 Å². The fraction of sp³-hybridized carbons (Fsp3) is 0.657. The lowest BCUT2D eigenvalue weighted by Crippen LogP contribution is -2.59. The largest absolute Gasteiger partial charge is 0.462 e. The number of benzene rings is 3. The van der Waals surface area contributed by atoms with Gasteiger partial charge in [-0.15, -0.1) is 0 Å². The number of hydrogen-bond acceptors (Lipinski definition) is 15. The van der Waals surface area contributed by atoms with Gasteiger partial charge in [0.1, 0.15) is 18.3 Å². The van der Waals surface area contributed by atoms with Crippen molar-refractivity contribution in [3.63, 3.8) is 0 Å². The van der Waals surface area contributed by atoms with E-state index in [9.17, 15) is 67.7 Å². The van der Waals surface area contributed by atoms with Crippen LogP contribution in [-0.2, 0) is 89.6 Å². The van der Waals surface area contributed by atoms with E-state index in [1.54, 1.807) is 0 Å². The fourth-order valence-electron chi connectivity index (χ4n) is 15.4. The molecule has 4 aliphatic carbocycles. The third-order valence-corrected chi connectivity index (χ3v) is 22.9. The van der Waals surface area contributed by atoms with Gasteiger partial charge >= 0.3 is 17.9 Å². The van der Waals surface area contributed by atoms with Gasteiger partial charge in [-0.05, 0) is 124 Å². The van der Waals surface area contributed by atoms with E-state index in [1.165, 1.54) is 0 Å². The van der Waals surface area contributed by atoms with Gasteiger partial charge < -0.3 is 30.2 Å². The molecule has 0 radical (unpaired) electrons. The van der Waals surface area contributed by atoms with Gasteiger partial charge in [0.25, 0.3) is 30.4 Å². The van der Waals surface area contributed by atoms with Gasteiger partial charge in [-0.1, -0.05) is 149 Å². The highest BCUT2D eigenvalue weighted by molar-refractivity contribution is 7.86.